The van der Waals surface area contributed by atoms with Gasteiger partial charge in [0.2, 0.25) is 0 Å². The van der Waals surface area contributed by atoms with Crippen molar-refractivity contribution in [1.82, 2.24) is 9.38 Å². The van der Waals surface area contributed by atoms with Crippen molar-refractivity contribution in [1.29, 1.82) is 0 Å². The largest absolute Gasteiger partial charge is 0.508 e. The second kappa shape index (κ2) is 4.90. The third kappa shape index (κ3) is 2.31. The summed E-state index contributed by atoms with van der Waals surface area (Å²) in [4.78, 5) is 4.28. The van der Waals surface area contributed by atoms with Gasteiger partial charge in [-0.3, -0.25) is 4.40 Å². The van der Waals surface area contributed by atoms with E-state index in [1.807, 2.05) is 13.8 Å². The van der Waals surface area contributed by atoms with Gasteiger partial charge in [0.1, 0.15) is 5.75 Å². The van der Waals surface area contributed by atoms with E-state index in [-0.39, 0.29) is 11.5 Å². The van der Waals surface area contributed by atoms with Crippen LogP contribution in [0.5, 0.6) is 11.5 Å². The summed E-state index contributed by atoms with van der Waals surface area (Å²) in [5.41, 5.74) is 2.62. The van der Waals surface area contributed by atoms with E-state index in [0.29, 0.717) is 22.8 Å². The van der Waals surface area contributed by atoms with Crippen LogP contribution in [0.25, 0.3) is 5.65 Å². The molecular weight excluding hydrogens is 268 g/mol. The number of phenols is 1. The fraction of sp³-hybridized carbons (Fsp3) is 0.133. The number of pyridine rings is 1. The van der Waals surface area contributed by atoms with E-state index in [1.54, 1.807) is 40.9 Å². The van der Waals surface area contributed by atoms with Gasteiger partial charge in [-0.25, -0.2) is 4.98 Å². The lowest BCUT2D eigenvalue weighted by Crippen LogP contribution is -1.82. The summed E-state index contributed by atoms with van der Waals surface area (Å²) in [6, 6.07) is 8.18. The number of benzene rings is 1. The van der Waals surface area contributed by atoms with E-state index in [1.165, 1.54) is 0 Å². The normalized spacial score (nSPS) is 11.5. The first-order valence-electron chi connectivity index (χ1n) is 6.44. The Balaban J connectivity index is 2.07. The van der Waals surface area contributed by atoms with Crippen LogP contribution in [0.3, 0.4) is 0 Å². The summed E-state index contributed by atoms with van der Waals surface area (Å²) in [7, 11) is 0. The molecule has 0 amide bonds. The molecule has 0 radical (unpaired) electrons. The number of aromatic hydroxyl groups is 2. The van der Waals surface area contributed by atoms with Crippen LogP contribution < -0.4 is 0 Å². The highest BCUT2D eigenvalue weighted by molar-refractivity contribution is 5.60. The number of imidazole rings is 1. The molecule has 2 heterocycles. The number of phenolic OH excluding ortho intramolecular Hbond substituents is 1. The lowest BCUT2D eigenvalue weighted by molar-refractivity contribution is 0.475. The maximum Gasteiger partial charge on any atom is 0.182 e. The average Bonchev–Trinajstić information content (AvgIpc) is 2.76. The van der Waals surface area contributed by atoms with Crippen LogP contribution in [-0.4, -0.2) is 19.6 Å². The molecule has 0 saturated carbocycles. The summed E-state index contributed by atoms with van der Waals surface area (Å²) in [5, 5.41) is 27.6. The van der Waals surface area contributed by atoms with Crippen LogP contribution in [0, 0.1) is 13.8 Å². The van der Waals surface area contributed by atoms with E-state index in [4.69, 9.17) is 0 Å². The molecule has 0 unspecified atom stereocenters. The number of aryl methyl sites for hydroxylation is 2. The molecule has 0 aliphatic heterocycles. The number of azo groups is 1. The predicted octanol–water partition coefficient (Wildman–Crippen LogP) is 3.78. The van der Waals surface area contributed by atoms with Gasteiger partial charge in [-0.05, 0) is 49.7 Å². The molecule has 0 atom stereocenters. The number of hydrogen-bond donors (Lipinski definition) is 2. The highest BCUT2D eigenvalue weighted by Crippen LogP contribution is 2.29. The number of nitrogens with zero attached hydrogens (tertiary/aromatic N) is 4. The molecule has 21 heavy (non-hydrogen) atoms. The fourth-order valence-corrected chi connectivity index (χ4v) is 2.13. The Morgan fingerprint density at radius 1 is 1.10 bits per heavy atom. The molecule has 6 nitrogen and oxygen atoms in total. The molecule has 0 fully saturated rings. The van der Waals surface area contributed by atoms with Crippen molar-refractivity contribution in [3.8, 4) is 11.5 Å². The van der Waals surface area contributed by atoms with Crippen molar-refractivity contribution in [3.05, 3.63) is 47.8 Å². The van der Waals surface area contributed by atoms with Crippen LogP contribution in [-0.2, 0) is 0 Å². The third-order valence-corrected chi connectivity index (χ3v) is 3.20. The van der Waals surface area contributed by atoms with E-state index in [2.05, 4.69) is 15.2 Å². The zero-order valence-corrected chi connectivity index (χ0v) is 11.6. The topological polar surface area (TPSA) is 82.5 Å². The zero-order chi connectivity index (χ0) is 15.0. The monoisotopic (exact) mass is 282 g/mol. The minimum absolute atomic E-state index is 0.0999. The van der Waals surface area contributed by atoms with E-state index < -0.39 is 0 Å². The Bertz CT molecular complexity index is 852. The Hall–Kier alpha value is -2.89. The van der Waals surface area contributed by atoms with Crippen LogP contribution >= 0.6 is 0 Å². The first-order valence-corrected chi connectivity index (χ1v) is 6.44. The number of hydrogen-bond acceptors (Lipinski definition) is 5. The fourth-order valence-electron chi connectivity index (χ4n) is 2.13. The predicted molar refractivity (Wildman–Crippen MR) is 78.6 cm³/mol. The number of fused-ring (bicyclic) bond motifs is 1. The smallest absolute Gasteiger partial charge is 0.182 e. The van der Waals surface area contributed by atoms with E-state index in [9.17, 15) is 10.2 Å². The molecule has 106 valence electrons. The summed E-state index contributed by atoms with van der Waals surface area (Å²) in [5.74, 6) is 0.860. The molecule has 0 spiro atoms. The maximum atomic E-state index is 9.79. The Kier molecular flexibility index (Phi) is 3.06. The average molecular weight is 282 g/mol. The molecule has 2 N–H and O–H groups in total. The maximum absolute atomic E-state index is 9.79. The zero-order valence-electron chi connectivity index (χ0n) is 11.6. The SMILES string of the molecule is Cc1cc(O)ccc1N=Nc1c(C)nc2c(O)cccn12. The van der Waals surface area contributed by atoms with Crippen molar-refractivity contribution in [2.75, 3.05) is 0 Å². The summed E-state index contributed by atoms with van der Waals surface area (Å²) in [6.45, 7) is 3.66. The number of aromatic nitrogens is 2. The molecule has 6 heteroatoms. The molecule has 0 bridgehead atoms. The molecule has 2 aromatic heterocycles. The molecule has 0 aliphatic rings. The highest BCUT2D eigenvalue weighted by Gasteiger charge is 2.10. The van der Waals surface area contributed by atoms with Gasteiger partial charge in [0, 0.05) is 6.20 Å². The van der Waals surface area contributed by atoms with E-state index >= 15 is 0 Å². The van der Waals surface area contributed by atoms with Crippen molar-refractivity contribution in [2.24, 2.45) is 10.2 Å². The van der Waals surface area contributed by atoms with Gasteiger partial charge in [0.05, 0.1) is 11.4 Å². The van der Waals surface area contributed by atoms with Crippen LogP contribution in [0.4, 0.5) is 11.5 Å². The van der Waals surface area contributed by atoms with Gasteiger partial charge >= 0.3 is 0 Å². The molecule has 3 rings (SSSR count). The summed E-state index contributed by atoms with van der Waals surface area (Å²) in [6.07, 6.45) is 1.77. The molecule has 0 saturated heterocycles. The van der Waals surface area contributed by atoms with Gasteiger partial charge in [-0.15, -0.1) is 10.2 Å². The van der Waals surface area contributed by atoms with Crippen LogP contribution in [0.1, 0.15) is 11.3 Å². The molecule has 3 aromatic rings. The highest BCUT2D eigenvalue weighted by atomic mass is 16.3. The lowest BCUT2D eigenvalue weighted by Gasteiger charge is -2.00. The van der Waals surface area contributed by atoms with Gasteiger partial charge in [-0.2, -0.15) is 0 Å². The summed E-state index contributed by atoms with van der Waals surface area (Å²) < 4.78 is 1.68. The number of rotatable bonds is 2. The van der Waals surface area contributed by atoms with Gasteiger partial charge < -0.3 is 10.2 Å². The first kappa shape index (κ1) is 13.1. The van der Waals surface area contributed by atoms with Crippen LogP contribution in [0.2, 0.25) is 0 Å². The molecule has 0 aliphatic carbocycles. The second-order valence-corrected chi connectivity index (χ2v) is 4.78. The Labute approximate surface area is 121 Å². The Morgan fingerprint density at radius 3 is 2.67 bits per heavy atom. The van der Waals surface area contributed by atoms with Gasteiger partial charge in [0.25, 0.3) is 0 Å². The van der Waals surface area contributed by atoms with Crippen LogP contribution in [0.15, 0.2) is 46.8 Å². The standard InChI is InChI=1S/C15H14N4O2/c1-9-8-11(20)5-6-12(9)17-18-14-10(2)16-15-13(21)4-3-7-19(14)15/h3-8,20-21H,1-2H3. The van der Waals surface area contributed by atoms with Crippen molar-refractivity contribution in [2.45, 2.75) is 13.8 Å². The molecular formula is C15H14N4O2. The third-order valence-electron chi connectivity index (χ3n) is 3.20. The van der Waals surface area contributed by atoms with E-state index in [0.717, 1.165) is 5.56 Å². The minimum Gasteiger partial charge on any atom is -0.508 e. The van der Waals surface area contributed by atoms with Crippen molar-refractivity contribution < 1.29 is 10.2 Å². The summed E-state index contributed by atoms with van der Waals surface area (Å²) >= 11 is 0. The second-order valence-electron chi connectivity index (χ2n) is 4.78. The van der Waals surface area contributed by atoms with Gasteiger partial charge in [-0.1, -0.05) is 0 Å². The van der Waals surface area contributed by atoms with Gasteiger partial charge in [0.15, 0.2) is 17.2 Å². The Morgan fingerprint density at radius 2 is 1.90 bits per heavy atom. The minimum atomic E-state index is 0.0999. The lowest BCUT2D eigenvalue weighted by atomic mass is 10.2. The first-order chi connectivity index (χ1) is 10.1. The van der Waals surface area contributed by atoms with Crippen molar-refractivity contribution >= 4 is 17.2 Å². The van der Waals surface area contributed by atoms with Crippen molar-refractivity contribution in [3.63, 3.8) is 0 Å². The quantitative estimate of drug-likeness (QED) is 0.702. The molecule has 1 aromatic carbocycles.